The molecule has 2 N–H and O–H groups in total. The van der Waals surface area contributed by atoms with Gasteiger partial charge in [-0.3, -0.25) is 19.7 Å². The predicted molar refractivity (Wildman–Crippen MR) is 145 cm³/mol. The fourth-order valence-corrected chi connectivity index (χ4v) is 4.18. The van der Waals surface area contributed by atoms with Crippen LogP contribution in [0.2, 0.25) is 10.0 Å². The monoisotopic (exact) mass is 601 g/mol. The molecule has 1 aliphatic rings. The van der Waals surface area contributed by atoms with Gasteiger partial charge in [0.05, 0.1) is 5.69 Å². The number of carbonyl (C=O) groups is 4. The Morgan fingerprint density at radius 3 is 2.54 bits per heavy atom. The maximum atomic E-state index is 13.3. The number of hydrogen-bond acceptors (Lipinski definition) is 5. The molecule has 5 amide bonds. The number of imide groups is 2. The standard InChI is InChI=1S/C26H18BrCl2N3O5/c1-14-20(29)3-2-4-21(14)32-25(35)19(24(34)31-26(32)36)12-15-11-16(27)5-10-22(15)37-13-23(33)30-18-8-6-17(28)7-9-18/h2-12H,13H2,1H3,(H,30,33)(H,31,34,36)/b19-12+. The summed E-state index contributed by atoms with van der Waals surface area (Å²) in [6.45, 7) is 1.32. The van der Waals surface area contributed by atoms with E-state index in [-0.39, 0.29) is 23.6 Å². The van der Waals surface area contributed by atoms with Gasteiger partial charge in [-0.15, -0.1) is 0 Å². The molecule has 11 heteroatoms. The van der Waals surface area contributed by atoms with Crippen molar-refractivity contribution >= 4 is 80.3 Å². The Hall–Kier alpha value is -3.66. The van der Waals surface area contributed by atoms with Crippen LogP contribution in [-0.2, 0) is 14.4 Å². The van der Waals surface area contributed by atoms with Gasteiger partial charge in [0.2, 0.25) is 0 Å². The summed E-state index contributed by atoms with van der Waals surface area (Å²) in [4.78, 5) is 51.7. The van der Waals surface area contributed by atoms with Crippen molar-refractivity contribution in [3.05, 3.63) is 91.9 Å². The van der Waals surface area contributed by atoms with Crippen LogP contribution in [0, 0.1) is 6.92 Å². The second kappa shape index (κ2) is 11.2. The molecule has 0 atom stereocenters. The fraction of sp³-hybridized carbons (Fsp3) is 0.0769. The Morgan fingerprint density at radius 1 is 1.08 bits per heavy atom. The normalized spacial score (nSPS) is 14.5. The molecule has 0 aromatic heterocycles. The van der Waals surface area contributed by atoms with Crippen LogP contribution < -0.4 is 20.3 Å². The van der Waals surface area contributed by atoms with Crippen LogP contribution in [0.3, 0.4) is 0 Å². The highest BCUT2D eigenvalue weighted by atomic mass is 79.9. The minimum absolute atomic E-state index is 0.241. The molecule has 37 heavy (non-hydrogen) atoms. The lowest BCUT2D eigenvalue weighted by Crippen LogP contribution is -2.54. The number of amides is 5. The molecule has 3 aromatic rings. The van der Waals surface area contributed by atoms with Crippen molar-refractivity contribution < 1.29 is 23.9 Å². The summed E-state index contributed by atoms with van der Waals surface area (Å²) in [7, 11) is 0. The molecule has 4 rings (SSSR count). The van der Waals surface area contributed by atoms with E-state index in [0.717, 1.165) is 4.90 Å². The van der Waals surface area contributed by atoms with E-state index in [4.69, 9.17) is 27.9 Å². The number of halogens is 3. The summed E-state index contributed by atoms with van der Waals surface area (Å²) >= 11 is 15.4. The first-order valence-electron chi connectivity index (χ1n) is 10.8. The Labute approximate surface area is 230 Å². The highest BCUT2D eigenvalue weighted by Gasteiger charge is 2.37. The molecule has 1 aliphatic heterocycles. The quantitative estimate of drug-likeness (QED) is 0.276. The number of anilines is 2. The number of benzene rings is 3. The average Bonchev–Trinajstić information content (AvgIpc) is 2.85. The third-order valence-corrected chi connectivity index (χ3v) is 6.49. The van der Waals surface area contributed by atoms with Crippen molar-refractivity contribution in [2.75, 3.05) is 16.8 Å². The van der Waals surface area contributed by atoms with Gasteiger partial charge in [0.15, 0.2) is 6.61 Å². The summed E-state index contributed by atoms with van der Waals surface area (Å²) in [6.07, 6.45) is 1.30. The molecule has 3 aromatic carbocycles. The summed E-state index contributed by atoms with van der Waals surface area (Å²) in [5.74, 6) is -1.88. The van der Waals surface area contributed by atoms with Gasteiger partial charge in [-0.1, -0.05) is 45.2 Å². The van der Waals surface area contributed by atoms with Crippen LogP contribution in [0.25, 0.3) is 6.08 Å². The molecule has 8 nitrogen and oxygen atoms in total. The number of carbonyl (C=O) groups excluding carboxylic acids is 4. The maximum absolute atomic E-state index is 13.3. The largest absolute Gasteiger partial charge is 0.483 e. The molecule has 0 unspecified atom stereocenters. The maximum Gasteiger partial charge on any atom is 0.335 e. The van der Waals surface area contributed by atoms with Crippen molar-refractivity contribution in [2.45, 2.75) is 6.92 Å². The second-order valence-corrected chi connectivity index (χ2v) is 9.63. The van der Waals surface area contributed by atoms with Gasteiger partial charge < -0.3 is 10.1 Å². The highest BCUT2D eigenvalue weighted by molar-refractivity contribution is 9.10. The Morgan fingerprint density at radius 2 is 1.81 bits per heavy atom. The lowest BCUT2D eigenvalue weighted by atomic mass is 10.0. The number of barbiturate groups is 1. The first kappa shape index (κ1) is 26.4. The molecule has 0 aliphatic carbocycles. The van der Waals surface area contributed by atoms with Crippen LogP contribution in [-0.4, -0.2) is 30.4 Å². The number of nitrogens with zero attached hydrogens (tertiary/aromatic N) is 1. The van der Waals surface area contributed by atoms with Crippen molar-refractivity contribution in [1.29, 1.82) is 0 Å². The first-order chi connectivity index (χ1) is 17.6. The Bertz CT molecular complexity index is 1460. The SMILES string of the molecule is Cc1c(Cl)cccc1N1C(=O)NC(=O)/C(=C\c2cc(Br)ccc2OCC(=O)Nc2ccc(Cl)cc2)C1=O. The molecule has 1 saturated heterocycles. The zero-order valence-electron chi connectivity index (χ0n) is 19.2. The summed E-state index contributed by atoms with van der Waals surface area (Å²) in [6, 6.07) is 15.4. The minimum Gasteiger partial charge on any atom is -0.483 e. The van der Waals surface area contributed by atoms with Gasteiger partial charge in [0.1, 0.15) is 11.3 Å². The third kappa shape index (κ3) is 6.02. The van der Waals surface area contributed by atoms with E-state index < -0.39 is 23.8 Å². The summed E-state index contributed by atoms with van der Waals surface area (Å²) in [5.41, 5.74) is 1.33. The molecular weight excluding hydrogens is 585 g/mol. The van der Waals surface area contributed by atoms with Crippen molar-refractivity contribution in [2.24, 2.45) is 0 Å². The molecule has 1 fully saturated rings. The lowest BCUT2D eigenvalue weighted by molar-refractivity contribution is -0.122. The third-order valence-electron chi connectivity index (χ3n) is 5.34. The topological polar surface area (TPSA) is 105 Å². The van der Waals surface area contributed by atoms with E-state index in [1.54, 1.807) is 67.6 Å². The smallest absolute Gasteiger partial charge is 0.335 e. The molecular formula is C26H18BrCl2N3O5. The zero-order chi connectivity index (χ0) is 26.7. The number of urea groups is 1. The van der Waals surface area contributed by atoms with Crippen molar-refractivity contribution in [3.8, 4) is 5.75 Å². The average molecular weight is 603 g/mol. The number of rotatable bonds is 6. The van der Waals surface area contributed by atoms with E-state index in [0.29, 0.717) is 31.3 Å². The van der Waals surface area contributed by atoms with Crippen molar-refractivity contribution in [3.63, 3.8) is 0 Å². The molecule has 0 saturated carbocycles. The van der Waals surface area contributed by atoms with E-state index in [1.807, 2.05) is 0 Å². The van der Waals surface area contributed by atoms with Gasteiger partial charge in [-0.2, -0.15) is 0 Å². The van der Waals surface area contributed by atoms with Gasteiger partial charge in [-0.05, 0) is 73.2 Å². The van der Waals surface area contributed by atoms with Gasteiger partial charge >= 0.3 is 6.03 Å². The number of ether oxygens (including phenoxy) is 1. The van der Waals surface area contributed by atoms with Crippen LogP contribution in [0.1, 0.15) is 11.1 Å². The number of nitrogens with one attached hydrogen (secondary N) is 2. The van der Waals surface area contributed by atoms with Gasteiger partial charge in [-0.25, -0.2) is 9.69 Å². The Balaban J connectivity index is 1.60. The molecule has 188 valence electrons. The van der Waals surface area contributed by atoms with Gasteiger partial charge in [0.25, 0.3) is 17.7 Å². The summed E-state index contributed by atoms with van der Waals surface area (Å²) in [5, 5.41) is 5.76. The zero-order valence-corrected chi connectivity index (χ0v) is 22.3. The number of hydrogen-bond donors (Lipinski definition) is 2. The highest BCUT2D eigenvalue weighted by Crippen LogP contribution is 2.31. The summed E-state index contributed by atoms with van der Waals surface area (Å²) < 4.78 is 6.32. The van der Waals surface area contributed by atoms with E-state index in [1.165, 1.54) is 6.08 Å². The van der Waals surface area contributed by atoms with E-state index >= 15 is 0 Å². The minimum atomic E-state index is -0.887. The molecule has 0 bridgehead atoms. The van der Waals surface area contributed by atoms with E-state index in [2.05, 4.69) is 26.6 Å². The van der Waals surface area contributed by atoms with E-state index in [9.17, 15) is 19.2 Å². The molecule has 0 spiro atoms. The lowest BCUT2D eigenvalue weighted by Gasteiger charge is -2.27. The molecule has 0 radical (unpaired) electrons. The van der Waals surface area contributed by atoms with Crippen LogP contribution in [0.4, 0.5) is 16.2 Å². The first-order valence-corrected chi connectivity index (χ1v) is 12.3. The van der Waals surface area contributed by atoms with Crippen molar-refractivity contribution in [1.82, 2.24) is 5.32 Å². The van der Waals surface area contributed by atoms with Crippen LogP contribution in [0.15, 0.2) is 70.7 Å². The van der Waals surface area contributed by atoms with Crippen LogP contribution >= 0.6 is 39.1 Å². The second-order valence-electron chi connectivity index (χ2n) is 7.87. The predicted octanol–water partition coefficient (Wildman–Crippen LogP) is 5.75. The Kier molecular flexibility index (Phi) is 7.97. The molecule has 1 heterocycles. The van der Waals surface area contributed by atoms with Crippen LogP contribution in [0.5, 0.6) is 5.75 Å². The van der Waals surface area contributed by atoms with Gasteiger partial charge in [0, 0.05) is 25.8 Å². The fourth-order valence-electron chi connectivity index (χ4n) is 3.51.